The first-order valence-corrected chi connectivity index (χ1v) is 7.42. The van der Waals surface area contributed by atoms with Gasteiger partial charge in [0.15, 0.2) is 14.9 Å². The van der Waals surface area contributed by atoms with Crippen LogP contribution in [0.15, 0.2) is 15.0 Å². The number of aliphatic imine (C=N–C) groups is 1. The van der Waals surface area contributed by atoms with E-state index in [4.69, 9.17) is 0 Å². The van der Waals surface area contributed by atoms with Gasteiger partial charge in [-0.2, -0.15) is 0 Å². The standard InChI is InChI=1S/C5H6BrNO4S2/c1-12(8,9)3-5-7-2-4(6)13(5,10)11/h2H,3H2,1H3. The summed E-state index contributed by atoms with van der Waals surface area (Å²) in [5.41, 5.74) is 0. The molecule has 8 heteroatoms. The molecule has 0 bridgehead atoms. The Kier molecular flexibility index (Phi) is 2.65. The highest BCUT2D eigenvalue weighted by Crippen LogP contribution is 2.22. The van der Waals surface area contributed by atoms with Gasteiger partial charge in [-0.05, 0) is 15.9 Å². The van der Waals surface area contributed by atoms with Crippen LogP contribution in [0.2, 0.25) is 0 Å². The summed E-state index contributed by atoms with van der Waals surface area (Å²) in [5.74, 6) is -0.555. The average molecular weight is 288 g/mol. The van der Waals surface area contributed by atoms with Crippen LogP contribution < -0.4 is 0 Å². The quantitative estimate of drug-likeness (QED) is 0.719. The van der Waals surface area contributed by atoms with Gasteiger partial charge in [0.05, 0.1) is 6.20 Å². The van der Waals surface area contributed by atoms with Gasteiger partial charge in [0.1, 0.15) is 9.57 Å². The minimum atomic E-state index is -3.65. The number of sulfone groups is 2. The highest BCUT2D eigenvalue weighted by Gasteiger charge is 2.30. The molecule has 0 aromatic carbocycles. The summed E-state index contributed by atoms with van der Waals surface area (Å²) >= 11 is 2.77. The molecule has 1 heterocycles. The van der Waals surface area contributed by atoms with Crippen LogP contribution in [0.5, 0.6) is 0 Å². The van der Waals surface area contributed by atoms with E-state index in [2.05, 4.69) is 20.9 Å². The Morgan fingerprint density at radius 1 is 1.54 bits per heavy atom. The molecule has 0 N–H and O–H groups in total. The van der Waals surface area contributed by atoms with Crippen LogP contribution in [0.4, 0.5) is 0 Å². The zero-order valence-electron chi connectivity index (χ0n) is 6.56. The molecule has 0 aliphatic carbocycles. The summed E-state index contributed by atoms with van der Waals surface area (Å²) in [5, 5.41) is -0.332. The van der Waals surface area contributed by atoms with Crippen LogP contribution in [-0.4, -0.2) is 33.9 Å². The van der Waals surface area contributed by atoms with Gasteiger partial charge >= 0.3 is 0 Å². The molecule has 0 fully saturated rings. The molecule has 13 heavy (non-hydrogen) atoms. The summed E-state index contributed by atoms with van der Waals surface area (Å²) in [6.45, 7) is 0. The summed E-state index contributed by atoms with van der Waals surface area (Å²) < 4.78 is 44.0. The molecule has 0 atom stereocenters. The summed E-state index contributed by atoms with van der Waals surface area (Å²) in [6.07, 6.45) is 2.03. The Balaban J connectivity index is 3.05. The first kappa shape index (κ1) is 10.9. The third-order valence-electron chi connectivity index (χ3n) is 1.26. The maximum absolute atomic E-state index is 11.3. The number of nitrogens with zero attached hydrogens (tertiary/aromatic N) is 1. The van der Waals surface area contributed by atoms with Crippen LogP contribution in [0, 0.1) is 0 Å². The molecule has 0 aromatic heterocycles. The molecule has 1 aliphatic heterocycles. The largest absolute Gasteiger partial charge is 0.246 e. The van der Waals surface area contributed by atoms with Gasteiger partial charge in [-0.1, -0.05) is 0 Å². The summed E-state index contributed by atoms with van der Waals surface area (Å²) in [7, 11) is -7.02. The number of rotatable bonds is 2. The van der Waals surface area contributed by atoms with E-state index in [-0.39, 0.29) is 8.86 Å². The fourth-order valence-corrected chi connectivity index (χ4v) is 3.77. The van der Waals surface area contributed by atoms with Crippen LogP contribution in [-0.2, 0) is 19.7 Å². The lowest BCUT2D eigenvalue weighted by atomic mass is 10.8. The normalized spacial score (nSPS) is 21.1. The molecular weight excluding hydrogens is 282 g/mol. The highest BCUT2D eigenvalue weighted by molar-refractivity contribution is 9.14. The van der Waals surface area contributed by atoms with Crippen molar-refractivity contribution in [3.05, 3.63) is 10.0 Å². The Bertz CT molecular complexity index is 485. The SMILES string of the molecule is CS(=O)(=O)CC1=NC=C(Br)S1(=O)=O. The number of halogens is 1. The van der Waals surface area contributed by atoms with Crippen molar-refractivity contribution in [2.45, 2.75) is 0 Å². The van der Waals surface area contributed by atoms with Crippen LogP contribution >= 0.6 is 15.9 Å². The summed E-state index contributed by atoms with van der Waals surface area (Å²) in [4.78, 5) is 3.50. The average Bonchev–Trinajstić information content (AvgIpc) is 2.13. The molecule has 5 nitrogen and oxygen atoms in total. The van der Waals surface area contributed by atoms with E-state index < -0.39 is 25.4 Å². The van der Waals surface area contributed by atoms with Gasteiger partial charge in [-0.15, -0.1) is 0 Å². The maximum atomic E-state index is 11.3. The van der Waals surface area contributed by atoms with Crippen molar-refractivity contribution in [3.8, 4) is 0 Å². The molecule has 74 valence electrons. The van der Waals surface area contributed by atoms with Gasteiger partial charge in [0.25, 0.3) is 0 Å². The van der Waals surface area contributed by atoms with E-state index >= 15 is 0 Å². The van der Waals surface area contributed by atoms with Crippen molar-refractivity contribution in [2.24, 2.45) is 4.99 Å². The first-order chi connectivity index (χ1) is 5.73. The molecule has 1 rings (SSSR count). The zero-order chi connectivity index (χ0) is 10.3. The Morgan fingerprint density at radius 2 is 2.08 bits per heavy atom. The molecule has 1 aliphatic rings. The Hall–Kier alpha value is -0.210. The van der Waals surface area contributed by atoms with E-state index in [0.29, 0.717) is 0 Å². The van der Waals surface area contributed by atoms with Gasteiger partial charge in [0.2, 0.25) is 9.84 Å². The predicted octanol–water partition coefficient (Wildman–Crippen LogP) is 0.0517. The fraction of sp³-hybridized carbons (Fsp3) is 0.400. The third-order valence-corrected chi connectivity index (χ3v) is 5.22. The van der Waals surface area contributed by atoms with Gasteiger partial charge < -0.3 is 0 Å². The summed E-state index contributed by atoms with van der Waals surface area (Å²) in [6, 6.07) is 0. The molecule has 0 unspecified atom stereocenters. The third kappa shape index (κ3) is 2.38. The lowest BCUT2D eigenvalue weighted by Gasteiger charge is -1.98. The van der Waals surface area contributed by atoms with E-state index in [0.717, 1.165) is 12.5 Å². The maximum Gasteiger partial charge on any atom is 0.229 e. The minimum Gasteiger partial charge on any atom is -0.246 e. The van der Waals surface area contributed by atoms with E-state index in [1.54, 1.807) is 0 Å². The smallest absolute Gasteiger partial charge is 0.229 e. The molecule has 0 saturated carbocycles. The van der Waals surface area contributed by atoms with Crippen molar-refractivity contribution in [3.63, 3.8) is 0 Å². The second-order valence-corrected chi connectivity index (χ2v) is 7.97. The fourth-order valence-electron chi connectivity index (χ4n) is 0.713. The molecule has 0 spiro atoms. The van der Waals surface area contributed by atoms with Crippen molar-refractivity contribution in [2.75, 3.05) is 12.0 Å². The molecular formula is C5H6BrNO4S2. The molecule has 0 aromatic rings. The van der Waals surface area contributed by atoms with E-state index in [1.165, 1.54) is 0 Å². The van der Waals surface area contributed by atoms with Crippen molar-refractivity contribution in [1.82, 2.24) is 0 Å². The number of hydrogen-bond acceptors (Lipinski definition) is 5. The molecule has 0 saturated heterocycles. The van der Waals surface area contributed by atoms with E-state index in [1.807, 2.05) is 0 Å². The molecule has 0 amide bonds. The lowest BCUT2D eigenvalue weighted by Crippen LogP contribution is -2.21. The number of hydrogen-bond donors (Lipinski definition) is 0. The Morgan fingerprint density at radius 3 is 2.38 bits per heavy atom. The van der Waals surface area contributed by atoms with Crippen LogP contribution in [0.3, 0.4) is 0 Å². The predicted molar refractivity (Wildman–Crippen MR) is 53.1 cm³/mol. The zero-order valence-corrected chi connectivity index (χ0v) is 9.78. The van der Waals surface area contributed by atoms with Crippen molar-refractivity contribution >= 4 is 40.6 Å². The van der Waals surface area contributed by atoms with Crippen LogP contribution in [0.1, 0.15) is 0 Å². The van der Waals surface area contributed by atoms with Gasteiger partial charge in [-0.3, -0.25) is 0 Å². The second kappa shape index (κ2) is 3.18. The first-order valence-electron chi connectivity index (χ1n) is 3.08. The minimum absolute atomic E-state index is 0.0985. The second-order valence-electron chi connectivity index (χ2n) is 2.53. The molecule has 0 radical (unpaired) electrons. The van der Waals surface area contributed by atoms with Crippen LogP contribution in [0.25, 0.3) is 0 Å². The van der Waals surface area contributed by atoms with Crippen molar-refractivity contribution in [1.29, 1.82) is 0 Å². The topological polar surface area (TPSA) is 80.6 Å². The monoisotopic (exact) mass is 287 g/mol. The lowest BCUT2D eigenvalue weighted by molar-refractivity contribution is 0.603. The van der Waals surface area contributed by atoms with Crippen molar-refractivity contribution < 1.29 is 16.8 Å². The van der Waals surface area contributed by atoms with Gasteiger partial charge in [0, 0.05) is 6.26 Å². The highest BCUT2D eigenvalue weighted by atomic mass is 79.9. The van der Waals surface area contributed by atoms with Gasteiger partial charge in [-0.25, -0.2) is 21.8 Å². The van der Waals surface area contributed by atoms with E-state index in [9.17, 15) is 16.8 Å². The Labute approximate surface area is 84.5 Å².